The molecule has 1 fully saturated rings. The lowest BCUT2D eigenvalue weighted by atomic mass is 9.91. The van der Waals surface area contributed by atoms with E-state index in [1.54, 1.807) is 0 Å². The van der Waals surface area contributed by atoms with Crippen LogP contribution in [-0.2, 0) is 4.79 Å². The molecule has 1 saturated heterocycles. The summed E-state index contributed by atoms with van der Waals surface area (Å²) in [5.41, 5.74) is 7.27. The number of piperidine rings is 1. The lowest BCUT2D eigenvalue weighted by molar-refractivity contribution is -0.134. The molecule has 20 heavy (non-hydrogen) atoms. The highest BCUT2D eigenvalue weighted by Crippen LogP contribution is 2.23. The molecule has 2 rings (SSSR count). The van der Waals surface area contributed by atoms with Gasteiger partial charge < -0.3 is 10.6 Å². The van der Waals surface area contributed by atoms with Gasteiger partial charge in [0.15, 0.2) is 0 Å². The summed E-state index contributed by atoms with van der Waals surface area (Å²) >= 11 is 0. The van der Waals surface area contributed by atoms with E-state index in [9.17, 15) is 4.79 Å². The molecule has 2 N–H and O–H groups in total. The summed E-state index contributed by atoms with van der Waals surface area (Å²) in [6.45, 7) is 6.27. The van der Waals surface area contributed by atoms with Gasteiger partial charge in [0.1, 0.15) is 0 Å². The molecule has 1 aliphatic rings. The van der Waals surface area contributed by atoms with Crippen molar-refractivity contribution in [3.8, 4) is 0 Å². The summed E-state index contributed by atoms with van der Waals surface area (Å²) in [6.07, 6.45) is 2.50. The summed E-state index contributed by atoms with van der Waals surface area (Å²) in [5, 5.41) is 0. The van der Waals surface area contributed by atoms with Gasteiger partial charge in [0.2, 0.25) is 5.91 Å². The van der Waals surface area contributed by atoms with E-state index in [0.717, 1.165) is 25.1 Å². The minimum atomic E-state index is -0.0419. The van der Waals surface area contributed by atoms with Crippen molar-refractivity contribution in [2.24, 2.45) is 17.6 Å². The Morgan fingerprint density at radius 2 is 1.85 bits per heavy atom. The number of benzene rings is 1. The fourth-order valence-electron chi connectivity index (χ4n) is 3.17. The molecule has 0 aliphatic carbocycles. The first-order valence-electron chi connectivity index (χ1n) is 7.64. The van der Waals surface area contributed by atoms with Gasteiger partial charge in [0.25, 0.3) is 0 Å². The lowest BCUT2D eigenvalue weighted by Crippen LogP contribution is -2.42. The highest BCUT2D eigenvalue weighted by molar-refractivity contribution is 5.76. The van der Waals surface area contributed by atoms with Crippen LogP contribution in [-0.4, -0.2) is 23.9 Å². The Bertz CT molecular complexity index is 422. The van der Waals surface area contributed by atoms with Crippen molar-refractivity contribution in [2.45, 2.75) is 39.2 Å². The van der Waals surface area contributed by atoms with E-state index in [1.165, 1.54) is 6.42 Å². The number of nitrogens with two attached hydrogens (primary N) is 1. The molecule has 0 aromatic heterocycles. The molecule has 0 bridgehead atoms. The lowest BCUT2D eigenvalue weighted by Gasteiger charge is -2.35. The topological polar surface area (TPSA) is 46.3 Å². The molecule has 0 radical (unpaired) electrons. The zero-order valence-electron chi connectivity index (χ0n) is 12.6. The molecule has 1 aromatic carbocycles. The van der Waals surface area contributed by atoms with E-state index < -0.39 is 0 Å². The Hall–Kier alpha value is -1.35. The van der Waals surface area contributed by atoms with Crippen molar-refractivity contribution in [2.75, 3.05) is 13.1 Å². The Morgan fingerprint density at radius 3 is 2.45 bits per heavy atom. The summed E-state index contributed by atoms with van der Waals surface area (Å²) in [7, 11) is 0. The summed E-state index contributed by atoms with van der Waals surface area (Å²) < 4.78 is 0. The van der Waals surface area contributed by atoms with E-state index in [2.05, 4.69) is 13.8 Å². The van der Waals surface area contributed by atoms with E-state index in [-0.39, 0.29) is 11.9 Å². The minimum Gasteiger partial charge on any atom is -0.342 e. The average molecular weight is 274 g/mol. The van der Waals surface area contributed by atoms with Gasteiger partial charge in [-0.15, -0.1) is 0 Å². The maximum atomic E-state index is 12.3. The molecule has 110 valence electrons. The van der Waals surface area contributed by atoms with Crippen LogP contribution in [0, 0.1) is 11.8 Å². The van der Waals surface area contributed by atoms with Crippen molar-refractivity contribution in [1.82, 2.24) is 4.90 Å². The normalized spacial score (nSPS) is 24.4. The third kappa shape index (κ3) is 4.07. The van der Waals surface area contributed by atoms with Crippen molar-refractivity contribution >= 4 is 5.91 Å². The zero-order valence-corrected chi connectivity index (χ0v) is 12.6. The monoisotopic (exact) mass is 274 g/mol. The van der Waals surface area contributed by atoms with E-state index >= 15 is 0 Å². The number of hydrogen-bond acceptors (Lipinski definition) is 2. The van der Waals surface area contributed by atoms with Crippen LogP contribution in [0.25, 0.3) is 0 Å². The van der Waals surface area contributed by atoms with E-state index in [4.69, 9.17) is 5.73 Å². The Kier molecular flexibility index (Phi) is 5.18. The molecular weight excluding hydrogens is 248 g/mol. The van der Waals surface area contributed by atoms with Crippen LogP contribution in [0.1, 0.15) is 44.7 Å². The molecule has 0 saturated carbocycles. The number of nitrogens with zero attached hydrogens (tertiary/aromatic N) is 1. The van der Waals surface area contributed by atoms with E-state index in [0.29, 0.717) is 18.3 Å². The first-order chi connectivity index (χ1) is 9.56. The standard InChI is InChI=1S/C17H26N2O/c1-13-10-14(2)12-19(11-13)17(20)9-8-16(18)15-6-4-3-5-7-15/h3-7,13-14,16H,8-12,18H2,1-2H3. The van der Waals surface area contributed by atoms with Crippen LogP contribution in [0.5, 0.6) is 0 Å². The summed E-state index contributed by atoms with van der Waals surface area (Å²) in [6, 6.07) is 9.98. The van der Waals surface area contributed by atoms with Gasteiger partial charge >= 0.3 is 0 Å². The van der Waals surface area contributed by atoms with Crippen LogP contribution in [0.3, 0.4) is 0 Å². The van der Waals surface area contributed by atoms with Crippen LogP contribution in [0.2, 0.25) is 0 Å². The third-order valence-corrected chi connectivity index (χ3v) is 4.12. The fraction of sp³-hybridized carbons (Fsp3) is 0.588. The molecule has 3 nitrogen and oxygen atoms in total. The van der Waals surface area contributed by atoms with Crippen molar-refractivity contribution in [3.05, 3.63) is 35.9 Å². The second-order valence-electron chi connectivity index (χ2n) is 6.30. The molecule has 0 spiro atoms. The zero-order chi connectivity index (χ0) is 14.5. The Labute approximate surface area is 122 Å². The smallest absolute Gasteiger partial charge is 0.222 e. The third-order valence-electron chi connectivity index (χ3n) is 4.12. The van der Waals surface area contributed by atoms with Crippen LogP contribution >= 0.6 is 0 Å². The molecular formula is C17H26N2O. The predicted molar refractivity (Wildman–Crippen MR) is 82.1 cm³/mol. The molecule has 1 amide bonds. The second kappa shape index (κ2) is 6.89. The molecule has 3 atom stereocenters. The molecule has 3 unspecified atom stereocenters. The number of likely N-dealkylation sites (tertiary alicyclic amines) is 1. The van der Waals surface area contributed by atoms with Crippen LogP contribution in [0.15, 0.2) is 30.3 Å². The number of amides is 1. The summed E-state index contributed by atoms with van der Waals surface area (Å²) in [4.78, 5) is 14.3. The van der Waals surface area contributed by atoms with Gasteiger partial charge in [0.05, 0.1) is 0 Å². The van der Waals surface area contributed by atoms with Crippen LogP contribution in [0.4, 0.5) is 0 Å². The summed E-state index contributed by atoms with van der Waals surface area (Å²) in [5.74, 6) is 1.49. The molecule has 1 aromatic rings. The van der Waals surface area contributed by atoms with Crippen LogP contribution < -0.4 is 5.73 Å². The maximum absolute atomic E-state index is 12.3. The van der Waals surface area contributed by atoms with Gasteiger partial charge in [0, 0.05) is 25.6 Å². The molecule has 3 heteroatoms. The first kappa shape index (κ1) is 15.0. The van der Waals surface area contributed by atoms with Gasteiger partial charge in [-0.05, 0) is 30.2 Å². The maximum Gasteiger partial charge on any atom is 0.222 e. The number of hydrogen-bond donors (Lipinski definition) is 1. The molecule has 1 aliphatic heterocycles. The largest absolute Gasteiger partial charge is 0.342 e. The quantitative estimate of drug-likeness (QED) is 0.917. The Balaban J connectivity index is 1.83. The molecule has 1 heterocycles. The van der Waals surface area contributed by atoms with Gasteiger partial charge in [-0.2, -0.15) is 0 Å². The predicted octanol–water partition coefficient (Wildman–Crippen LogP) is 2.97. The highest BCUT2D eigenvalue weighted by atomic mass is 16.2. The highest BCUT2D eigenvalue weighted by Gasteiger charge is 2.25. The minimum absolute atomic E-state index is 0.0419. The number of rotatable bonds is 4. The average Bonchev–Trinajstić information content (AvgIpc) is 2.44. The SMILES string of the molecule is CC1CC(C)CN(C(=O)CCC(N)c2ccccc2)C1. The van der Waals surface area contributed by atoms with Gasteiger partial charge in [-0.3, -0.25) is 4.79 Å². The van der Waals surface area contributed by atoms with E-state index in [1.807, 2.05) is 35.2 Å². The first-order valence-corrected chi connectivity index (χ1v) is 7.64. The van der Waals surface area contributed by atoms with Crippen molar-refractivity contribution in [3.63, 3.8) is 0 Å². The van der Waals surface area contributed by atoms with Gasteiger partial charge in [-0.1, -0.05) is 44.2 Å². The number of carbonyl (C=O) groups is 1. The van der Waals surface area contributed by atoms with Gasteiger partial charge in [-0.25, -0.2) is 0 Å². The second-order valence-corrected chi connectivity index (χ2v) is 6.30. The fourth-order valence-corrected chi connectivity index (χ4v) is 3.17. The van der Waals surface area contributed by atoms with Crippen molar-refractivity contribution in [1.29, 1.82) is 0 Å². The van der Waals surface area contributed by atoms with Crippen molar-refractivity contribution < 1.29 is 4.79 Å². The number of carbonyl (C=O) groups excluding carboxylic acids is 1. The Morgan fingerprint density at radius 1 is 1.25 bits per heavy atom.